The molecule has 2 aliphatic heterocycles. The van der Waals surface area contributed by atoms with Crippen molar-refractivity contribution in [3.8, 4) is 5.75 Å². The van der Waals surface area contributed by atoms with Crippen molar-refractivity contribution in [2.45, 2.75) is 135 Å². The predicted octanol–water partition coefficient (Wildman–Crippen LogP) is 10.5. The monoisotopic (exact) mass is 895 g/mol. The van der Waals surface area contributed by atoms with E-state index in [1.807, 2.05) is 94.8 Å². The molecule has 2 aromatic carbocycles. The topological polar surface area (TPSA) is 105 Å². The Morgan fingerprint density at radius 3 is 2.08 bits per heavy atom. The third-order valence-corrected chi connectivity index (χ3v) is 12.6. The van der Waals surface area contributed by atoms with Crippen LogP contribution < -0.4 is 9.64 Å². The van der Waals surface area contributed by atoms with Crippen molar-refractivity contribution >= 4 is 58.7 Å². The molecule has 2 aliphatic carbocycles. The summed E-state index contributed by atoms with van der Waals surface area (Å²) in [5.74, 6) is 0.626. The van der Waals surface area contributed by atoms with Crippen molar-refractivity contribution in [1.29, 1.82) is 0 Å². The summed E-state index contributed by atoms with van der Waals surface area (Å²) in [5.41, 5.74) is 2.58. The number of halogens is 3. The third kappa shape index (κ3) is 11.8. The number of benzene rings is 2. The molecular formula is C47H60Cl3N5O6. The number of hydrogen-bond acceptors (Lipinski definition) is 8. The van der Waals surface area contributed by atoms with Crippen LogP contribution in [-0.2, 0) is 27.2 Å². The molecule has 7 rings (SSSR count). The Balaban J connectivity index is 1.07. The highest BCUT2D eigenvalue weighted by molar-refractivity contribution is 6.37. The molecule has 330 valence electrons. The maximum Gasteiger partial charge on any atom is 0.410 e. The molecule has 2 unspecified atom stereocenters. The van der Waals surface area contributed by atoms with Crippen LogP contribution in [0.4, 0.5) is 15.4 Å². The van der Waals surface area contributed by atoms with E-state index < -0.39 is 23.2 Å². The maximum atomic E-state index is 15.0. The molecule has 3 heterocycles. The Labute approximate surface area is 375 Å². The molecule has 0 bridgehead atoms. The van der Waals surface area contributed by atoms with E-state index >= 15 is 4.79 Å². The summed E-state index contributed by atoms with van der Waals surface area (Å²) < 4.78 is 17.8. The minimum absolute atomic E-state index is 0.0101. The molecular weight excluding hydrogens is 837 g/mol. The number of piperidine rings is 1. The fourth-order valence-electron chi connectivity index (χ4n) is 8.35. The van der Waals surface area contributed by atoms with Crippen molar-refractivity contribution in [1.82, 2.24) is 19.7 Å². The van der Waals surface area contributed by atoms with Crippen molar-refractivity contribution in [2.24, 2.45) is 5.92 Å². The largest absolute Gasteiger partial charge is 0.485 e. The fourth-order valence-corrected chi connectivity index (χ4v) is 9.21. The summed E-state index contributed by atoms with van der Waals surface area (Å²) in [6, 6.07) is 14.0. The number of pyridine rings is 1. The van der Waals surface area contributed by atoms with Gasteiger partial charge in [0.25, 0.3) is 0 Å². The number of likely N-dealkylation sites (tertiary alicyclic amines) is 1. The average Bonchev–Trinajstić information content (AvgIpc) is 4.13. The summed E-state index contributed by atoms with van der Waals surface area (Å²) in [4.78, 5) is 54.1. The highest BCUT2D eigenvalue weighted by atomic mass is 35.5. The highest BCUT2D eigenvalue weighted by Crippen LogP contribution is 2.40. The molecule has 3 aromatic rings. The molecule has 4 fully saturated rings. The van der Waals surface area contributed by atoms with E-state index in [0.29, 0.717) is 59.8 Å². The lowest BCUT2D eigenvalue weighted by Gasteiger charge is -2.40. The summed E-state index contributed by atoms with van der Waals surface area (Å²) in [6.07, 6.45) is 6.85. The molecule has 14 heteroatoms. The number of hydrogen-bond donors (Lipinski definition) is 0. The Hall–Kier alpha value is -3.93. The number of carbonyl (C=O) groups excluding carboxylic acids is 3. The van der Waals surface area contributed by atoms with Crippen LogP contribution >= 0.6 is 34.8 Å². The van der Waals surface area contributed by atoms with Gasteiger partial charge in [-0.15, -0.1) is 0 Å². The van der Waals surface area contributed by atoms with E-state index in [-0.39, 0.29) is 42.7 Å². The molecule has 4 aliphatic rings. The molecule has 0 N–H and O–H groups in total. The van der Waals surface area contributed by atoms with Gasteiger partial charge in [-0.1, -0.05) is 53.0 Å². The highest BCUT2D eigenvalue weighted by Gasteiger charge is 2.44. The van der Waals surface area contributed by atoms with Crippen LogP contribution in [0.1, 0.15) is 108 Å². The number of nitrogens with zero attached hydrogens (tertiary/aromatic N) is 5. The molecule has 0 radical (unpaired) electrons. The Kier molecular flexibility index (Phi) is 13.6. The van der Waals surface area contributed by atoms with Crippen molar-refractivity contribution in [3.63, 3.8) is 0 Å². The van der Waals surface area contributed by atoms with Gasteiger partial charge >= 0.3 is 12.2 Å². The SMILES string of the molecule is Cc1cc(Cl)c(O[C@H]2CCN(c3ccc(C4CCN(C(=O)OC(C)(C)C)CC4C(=O)N(Cc4cc(CCN(C(=O)OC(C)(C)C)C5CC5)ccc4Cl)C4CC4)cn3)C2)c(Cl)c1. The zero-order valence-electron chi connectivity index (χ0n) is 36.5. The molecule has 2 saturated heterocycles. The van der Waals surface area contributed by atoms with Crippen LogP contribution in [0.25, 0.3) is 0 Å². The summed E-state index contributed by atoms with van der Waals surface area (Å²) in [6.45, 7) is 16.1. The fraction of sp³-hybridized carbons (Fsp3) is 0.574. The number of carbonyl (C=O) groups is 3. The van der Waals surface area contributed by atoms with Gasteiger partial charge in [-0.3, -0.25) is 4.79 Å². The van der Waals surface area contributed by atoms with Gasteiger partial charge in [0.2, 0.25) is 5.91 Å². The second-order valence-electron chi connectivity index (χ2n) is 19.2. The van der Waals surface area contributed by atoms with Gasteiger partial charge in [0, 0.05) is 68.4 Å². The van der Waals surface area contributed by atoms with Crippen molar-refractivity contribution in [2.75, 3.05) is 37.6 Å². The number of aromatic nitrogens is 1. The quantitative estimate of drug-likeness (QED) is 0.177. The van der Waals surface area contributed by atoms with Crippen molar-refractivity contribution in [3.05, 3.63) is 86.0 Å². The second kappa shape index (κ2) is 18.4. The Morgan fingerprint density at radius 1 is 0.787 bits per heavy atom. The molecule has 0 spiro atoms. The number of aryl methyl sites for hydroxylation is 1. The molecule has 11 nitrogen and oxygen atoms in total. The second-order valence-corrected chi connectivity index (χ2v) is 20.4. The smallest absolute Gasteiger partial charge is 0.410 e. The first kappa shape index (κ1) is 45.1. The standard InChI is InChI=1S/C47H60Cl3N5O6/c1-29-22-39(49)42(40(50)23-29)59-35-17-19-52(27-35)41-15-9-31(25-51-41)36-18-20-53(44(57)60-46(2,3)4)28-37(36)43(56)55(34-12-13-34)26-32-24-30(8-14-38(32)48)16-21-54(33-10-11-33)45(58)61-47(5,6)7/h8-9,14-15,22-25,33-37H,10-13,16-21,26-28H2,1-7H3/t35-,36?,37?/m0/s1. The summed E-state index contributed by atoms with van der Waals surface area (Å²) in [5, 5.41) is 1.58. The summed E-state index contributed by atoms with van der Waals surface area (Å²) in [7, 11) is 0. The summed E-state index contributed by atoms with van der Waals surface area (Å²) >= 11 is 19.8. The number of amides is 3. The maximum absolute atomic E-state index is 15.0. The zero-order valence-corrected chi connectivity index (χ0v) is 38.8. The van der Waals surface area contributed by atoms with Gasteiger partial charge in [-0.05, 0) is 134 Å². The normalized spacial score (nSPS) is 20.7. The Bertz CT molecular complexity index is 2060. The van der Waals surface area contributed by atoms with Crippen LogP contribution in [0.15, 0.2) is 48.7 Å². The average molecular weight is 897 g/mol. The van der Waals surface area contributed by atoms with Gasteiger partial charge < -0.3 is 33.8 Å². The molecule has 3 atom stereocenters. The van der Waals surface area contributed by atoms with Gasteiger partial charge in [-0.2, -0.15) is 0 Å². The first-order chi connectivity index (χ1) is 28.8. The molecule has 1 aromatic heterocycles. The Morgan fingerprint density at radius 2 is 1.46 bits per heavy atom. The first-order valence-electron chi connectivity index (χ1n) is 21.7. The predicted molar refractivity (Wildman–Crippen MR) is 240 cm³/mol. The minimum Gasteiger partial charge on any atom is -0.485 e. The van der Waals surface area contributed by atoms with Gasteiger partial charge in [-0.25, -0.2) is 14.6 Å². The molecule has 3 amide bonds. The van der Waals surface area contributed by atoms with Crippen LogP contribution in [-0.4, -0.2) is 99.9 Å². The van der Waals surface area contributed by atoms with Crippen LogP contribution in [0, 0.1) is 12.8 Å². The lowest BCUT2D eigenvalue weighted by Crippen LogP contribution is -2.51. The number of anilines is 1. The zero-order chi connectivity index (χ0) is 43.8. The minimum atomic E-state index is -0.671. The van der Waals surface area contributed by atoms with Gasteiger partial charge in [0.1, 0.15) is 23.1 Å². The lowest BCUT2D eigenvalue weighted by molar-refractivity contribution is -0.139. The van der Waals surface area contributed by atoms with E-state index in [1.54, 1.807) is 4.90 Å². The van der Waals surface area contributed by atoms with E-state index in [0.717, 1.165) is 66.7 Å². The van der Waals surface area contributed by atoms with Crippen molar-refractivity contribution < 1.29 is 28.6 Å². The lowest BCUT2D eigenvalue weighted by atomic mass is 9.80. The van der Waals surface area contributed by atoms with Crippen LogP contribution in [0.5, 0.6) is 5.75 Å². The van der Waals surface area contributed by atoms with E-state index in [2.05, 4.69) is 17.0 Å². The van der Waals surface area contributed by atoms with Crippen LogP contribution in [0.3, 0.4) is 0 Å². The van der Waals surface area contributed by atoms with E-state index in [9.17, 15) is 9.59 Å². The van der Waals surface area contributed by atoms with Gasteiger partial charge in [0.15, 0.2) is 5.75 Å². The number of rotatable bonds is 12. The van der Waals surface area contributed by atoms with E-state index in [1.165, 1.54) is 0 Å². The number of ether oxygens (including phenoxy) is 3. The van der Waals surface area contributed by atoms with Crippen LogP contribution in [0.2, 0.25) is 15.1 Å². The molecule has 2 saturated carbocycles. The third-order valence-electron chi connectivity index (χ3n) is 11.7. The first-order valence-corrected chi connectivity index (χ1v) is 22.8. The van der Waals surface area contributed by atoms with E-state index in [4.69, 9.17) is 54.0 Å². The molecule has 61 heavy (non-hydrogen) atoms. The van der Waals surface area contributed by atoms with Gasteiger partial charge in [0.05, 0.1) is 22.5 Å².